The Morgan fingerprint density at radius 1 is 0.750 bits per heavy atom. The molecule has 0 aromatic rings. The molecule has 0 saturated heterocycles. The fourth-order valence-electron chi connectivity index (χ4n) is 3.16. The number of primary amides is 1. The van der Waals surface area contributed by atoms with Crippen molar-refractivity contribution >= 4 is 59.1 Å². The Morgan fingerprint density at radius 3 is 1.77 bits per heavy atom. The third-order valence-electron chi connectivity index (χ3n) is 5.16. The van der Waals surface area contributed by atoms with Crippen LogP contribution in [-0.2, 0) is 38.4 Å². The van der Waals surface area contributed by atoms with Crippen molar-refractivity contribution in [2.45, 2.75) is 57.3 Å². The molecule has 40 heavy (non-hydrogen) atoms. The van der Waals surface area contributed by atoms with Gasteiger partial charge in [0.25, 0.3) is 0 Å². The van der Waals surface area contributed by atoms with Gasteiger partial charge in [-0.15, -0.1) is 0 Å². The molecule has 0 aliphatic heterocycles. The number of aliphatic carboxylic acids is 2. The van der Waals surface area contributed by atoms with Gasteiger partial charge in [-0.3, -0.25) is 38.4 Å². The zero-order chi connectivity index (χ0) is 31.0. The van der Waals surface area contributed by atoms with E-state index in [0.29, 0.717) is 5.75 Å². The number of carbonyl (C=O) groups excluding carboxylic acids is 6. The Morgan fingerprint density at radius 2 is 1.30 bits per heavy atom. The first-order chi connectivity index (χ1) is 18.6. The molecule has 0 heterocycles. The summed E-state index contributed by atoms with van der Waals surface area (Å²) in [6.45, 7) is 1.82. The van der Waals surface area contributed by atoms with Crippen molar-refractivity contribution in [2.75, 3.05) is 25.1 Å². The van der Waals surface area contributed by atoms with E-state index in [1.807, 2.05) is 5.32 Å². The number of amides is 6. The molecule has 0 spiro atoms. The molecule has 0 unspecified atom stereocenters. The van der Waals surface area contributed by atoms with E-state index in [-0.39, 0.29) is 6.42 Å². The van der Waals surface area contributed by atoms with Gasteiger partial charge in [-0.1, -0.05) is 13.8 Å². The van der Waals surface area contributed by atoms with Crippen LogP contribution in [0.1, 0.15) is 33.1 Å². The lowest BCUT2D eigenvalue weighted by molar-refractivity contribution is -0.142. The van der Waals surface area contributed by atoms with E-state index in [1.165, 1.54) is 25.6 Å². The molecule has 0 aromatic heterocycles. The lowest BCUT2D eigenvalue weighted by Crippen LogP contribution is -2.60. The lowest BCUT2D eigenvalue weighted by Gasteiger charge is -2.27. The van der Waals surface area contributed by atoms with E-state index in [9.17, 15) is 38.4 Å². The highest BCUT2D eigenvalue weighted by molar-refractivity contribution is 7.98. The maximum atomic E-state index is 13.1. The maximum absolute atomic E-state index is 13.1. The average molecular weight is 592 g/mol. The van der Waals surface area contributed by atoms with Crippen LogP contribution in [0.4, 0.5) is 0 Å². The first kappa shape index (κ1) is 36.1. The molecule has 0 saturated carbocycles. The van der Waals surface area contributed by atoms with E-state index in [0.717, 1.165) is 0 Å². The normalized spacial score (nSPS) is 13.6. The summed E-state index contributed by atoms with van der Waals surface area (Å²) >= 11 is 1.39. The number of rotatable bonds is 19. The molecule has 18 heteroatoms. The second kappa shape index (κ2) is 18.4. The minimum absolute atomic E-state index is 0.176. The summed E-state index contributed by atoms with van der Waals surface area (Å²) in [5, 5.41) is 29.0. The van der Waals surface area contributed by atoms with Gasteiger partial charge in [0.05, 0.1) is 19.4 Å². The standard InChI is InChI=1S/C22H37N7O10S/c1-10(2)18(22(39)28-13(7-16(32)33)19(36)25-9-17(34)35)29-21(38)12(6-14(24)30)27-20(37)11(4-5-40-3)26-15(31)8-23/h10-13,18H,4-9,23H2,1-3H3,(H2,24,30)(H,25,36)(H,26,31)(H,27,37)(H,28,39)(H,29,38)(H,32,33)(H,34,35)/t11-,12-,13-,18-/m0/s1. The topological polar surface area (TPSA) is 289 Å². The van der Waals surface area contributed by atoms with Crippen molar-refractivity contribution in [3.63, 3.8) is 0 Å². The largest absolute Gasteiger partial charge is 0.481 e. The molecule has 0 radical (unpaired) electrons. The molecule has 11 N–H and O–H groups in total. The van der Waals surface area contributed by atoms with E-state index in [2.05, 4.69) is 21.3 Å². The molecule has 0 fully saturated rings. The van der Waals surface area contributed by atoms with Gasteiger partial charge in [-0.25, -0.2) is 0 Å². The number of nitrogens with one attached hydrogen (secondary N) is 5. The maximum Gasteiger partial charge on any atom is 0.322 e. The highest BCUT2D eigenvalue weighted by atomic mass is 32.2. The molecule has 0 aliphatic carbocycles. The highest BCUT2D eigenvalue weighted by Gasteiger charge is 2.33. The number of nitrogens with two attached hydrogens (primary N) is 2. The van der Waals surface area contributed by atoms with Crippen LogP contribution < -0.4 is 38.1 Å². The van der Waals surface area contributed by atoms with Crippen LogP contribution >= 0.6 is 11.8 Å². The summed E-state index contributed by atoms with van der Waals surface area (Å²) < 4.78 is 0. The van der Waals surface area contributed by atoms with Crippen molar-refractivity contribution < 1.29 is 48.6 Å². The monoisotopic (exact) mass is 591 g/mol. The van der Waals surface area contributed by atoms with Crippen LogP contribution in [-0.4, -0.2) is 107 Å². The van der Waals surface area contributed by atoms with Gasteiger partial charge < -0.3 is 48.3 Å². The van der Waals surface area contributed by atoms with Gasteiger partial charge in [-0.05, 0) is 24.3 Å². The second-order valence-corrected chi connectivity index (χ2v) is 9.82. The zero-order valence-corrected chi connectivity index (χ0v) is 23.2. The van der Waals surface area contributed by atoms with Crippen LogP contribution in [0.3, 0.4) is 0 Å². The van der Waals surface area contributed by atoms with Gasteiger partial charge in [-0.2, -0.15) is 11.8 Å². The Labute approximate surface area is 234 Å². The molecule has 0 rings (SSSR count). The number of hydrogen-bond donors (Lipinski definition) is 9. The summed E-state index contributed by atoms with van der Waals surface area (Å²) in [5.41, 5.74) is 10.5. The predicted molar refractivity (Wildman–Crippen MR) is 141 cm³/mol. The van der Waals surface area contributed by atoms with Crippen LogP contribution in [0.5, 0.6) is 0 Å². The van der Waals surface area contributed by atoms with E-state index >= 15 is 0 Å². The smallest absolute Gasteiger partial charge is 0.322 e. The minimum atomic E-state index is -1.67. The summed E-state index contributed by atoms with van der Waals surface area (Å²) in [6.07, 6.45) is 0.401. The first-order valence-corrected chi connectivity index (χ1v) is 13.4. The molecule has 17 nitrogen and oxygen atoms in total. The third kappa shape index (κ3) is 14.3. The van der Waals surface area contributed by atoms with Crippen molar-refractivity contribution in [3.05, 3.63) is 0 Å². The lowest BCUT2D eigenvalue weighted by atomic mass is 10.0. The summed E-state index contributed by atoms with van der Waals surface area (Å²) in [6, 6.07) is -5.70. The fourth-order valence-corrected chi connectivity index (χ4v) is 3.63. The highest BCUT2D eigenvalue weighted by Crippen LogP contribution is 2.07. The fraction of sp³-hybridized carbons (Fsp3) is 0.636. The summed E-state index contributed by atoms with van der Waals surface area (Å²) in [7, 11) is 0. The molecule has 0 aromatic carbocycles. The zero-order valence-electron chi connectivity index (χ0n) is 22.4. The first-order valence-electron chi connectivity index (χ1n) is 12.0. The second-order valence-electron chi connectivity index (χ2n) is 8.84. The number of hydrogen-bond acceptors (Lipinski definition) is 10. The molecule has 226 valence electrons. The van der Waals surface area contributed by atoms with Gasteiger partial charge in [0, 0.05) is 0 Å². The van der Waals surface area contributed by atoms with E-state index in [4.69, 9.17) is 21.7 Å². The van der Waals surface area contributed by atoms with Gasteiger partial charge >= 0.3 is 11.9 Å². The number of carboxylic acids is 2. The number of carbonyl (C=O) groups is 8. The predicted octanol–water partition coefficient (Wildman–Crippen LogP) is -4.16. The van der Waals surface area contributed by atoms with Crippen LogP contribution in [0.25, 0.3) is 0 Å². The Bertz CT molecular complexity index is 962. The number of carboxylic acid groups (broad SMARTS) is 2. The molecular weight excluding hydrogens is 554 g/mol. The SMILES string of the molecule is CSCC[C@H](NC(=O)CN)C(=O)N[C@@H](CC(N)=O)C(=O)N[C@H](C(=O)N[C@@H](CC(=O)O)C(=O)NCC(=O)O)C(C)C. The van der Waals surface area contributed by atoms with Gasteiger partial charge in [0.1, 0.15) is 30.7 Å². The molecule has 0 aliphatic rings. The Balaban J connectivity index is 5.79. The van der Waals surface area contributed by atoms with Crippen molar-refractivity contribution in [2.24, 2.45) is 17.4 Å². The van der Waals surface area contributed by atoms with E-state index in [1.54, 1.807) is 6.26 Å². The Kier molecular flexibility index (Phi) is 16.6. The van der Waals surface area contributed by atoms with Gasteiger partial charge in [0.15, 0.2) is 0 Å². The minimum Gasteiger partial charge on any atom is -0.481 e. The molecule has 4 atom stereocenters. The van der Waals surface area contributed by atoms with Crippen LogP contribution in [0.15, 0.2) is 0 Å². The third-order valence-corrected chi connectivity index (χ3v) is 5.80. The molecule has 6 amide bonds. The molecule has 0 bridgehead atoms. The van der Waals surface area contributed by atoms with Crippen molar-refractivity contribution in [1.82, 2.24) is 26.6 Å². The van der Waals surface area contributed by atoms with Gasteiger partial charge in [0.2, 0.25) is 35.4 Å². The van der Waals surface area contributed by atoms with E-state index < -0.39 is 103 Å². The van der Waals surface area contributed by atoms with Crippen LogP contribution in [0, 0.1) is 5.92 Å². The summed E-state index contributed by atoms with van der Waals surface area (Å²) in [4.78, 5) is 96.4. The van der Waals surface area contributed by atoms with Crippen molar-refractivity contribution in [3.8, 4) is 0 Å². The average Bonchev–Trinajstić information content (AvgIpc) is 2.85. The summed E-state index contributed by atoms with van der Waals surface area (Å²) in [5.74, 6) is -8.52. The Hall–Kier alpha value is -3.93. The quantitative estimate of drug-likeness (QED) is 0.0692. The van der Waals surface area contributed by atoms with Crippen molar-refractivity contribution in [1.29, 1.82) is 0 Å². The van der Waals surface area contributed by atoms with Crippen LogP contribution in [0.2, 0.25) is 0 Å². The molecular formula is C22H37N7O10S. The number of thioether (sulfide) groups is 1.